The molecule has 0 aromatic heterocycles. The standard InChI is InChI=1S/C20H42O/c1-17(2,3)15-19(7,8)11-13-21-14-12-20(9,10)16-18(4,5)6/h11-16H2,1-10H3. The summed E-state index contributed by atoms with van der Waals surface area (Å²) in [6, 6.07) is 0. The van der Waals surface area contributed by atoms with Crippen LogP contribution in [-0.2, 0) is 4.74 Å². The van der Waals surface area contributed by atoms with E-state index in [1.807, 2.05) is 0 Å². The summed E-state index contributed by atoms with van der Waals surface area (Å²) in [6.45, 7) is 25.2. The van der Waals surface area contributed by atoms with Crippen molar-refractivity contribution in [3.63, 3.8) is 0 Å². The summed E-state index contributed by atoms with van der Waals surface area (Å²) >= 11 is 0. The van der Waals surface area contributed by atoms with Crippen molar-refractivity contribution in [3.05, 3.63) is 0 Å². The van der Waals surface area contributed by atoms with Crippen molar-refractivity contribution in [2.75, 3.05) is 13.2 Å². The van der Waals surface area contributed by atoms with E-state index in [4.69, 9.17) is 4.74 Å². The van der Waals surface area contributed by atoms with Crippen LogP contribution in [0.25, 0.3) is 0 Å². The summed E-state index contributed by atoms with van der Waals surface area (Å²) in [5, 5.41) is 0. The van der Waals surface area contributed by atoms with Gasteiger partial charge in [0.05, 0.1) is 0 Å². The molecule has 0 radical (unpaired) electrons. The van der Waals surface area contributed by atoms with Crippen LogP contribution in [-0.4, -0.2) is 13.2 Å². The highest BCUT2D eigenvalue weighted by molar-refractivity contribution is 4.77. The first-order chi connectivity index (χ1) is 9.12. The Hall–Kier alpha value is -0.0400. The third-order valence-electron chi connectivity index (χ3n) is 3.86. The maximum Gasteiger partial charge on any atom is 0.0471 e. The lowest BCUT2D eigenvalue weighted by atomic mass is 9.74. The minimum atomic E-state index is 0.374. The van der Waals surface area contributed by atoms with Crippen LogP contribution >= 0.6 is 0 Å². The highest BCUT2D eigenvalue weighted by atomic mass is 16.5. The molecule has 0 amide bonds. The normalized spacial score (nSPS) is 14.6. The summed E-state index contributed by atoms with van der Waals surface area (Å²) in [5.41, 5.74) is 1.55. The van der Waals surface area contributed by atoms with E-state index in [1.165, 1.54) is 12.8 Å². The number of hydrogen-bond acceptors (Lipinski definition) is 1. The summed E-state index contributed by atoms with van der Waals surface area (Å²) < 4.78 is 5.93. The first kappa shape index (κ1) is 21.0. The second-order valence-corrected chi connectivity index (χ2v) is 10.9. The minimum Gasteiger partial charge on any atom is -0.381 e. The van der Waals surface area contributed by atoms with E-state index < -0.39 is 0 Å². The first-order valence-electron chi connectivity index (χ1n) is 8.70. The quantitative estimate of drug-likeness (QED) is 0.452. The molecule has 21 heavy (non-hydrogen) atoms. The smallest absolute Gasteiger partial charge is 0.0471 e. The van der Waals surface area contributed by atoms with Crippen molar-refractivity contribution in [2.24, 2.45) is 21.7 Å². The van der Waals surface area contributed by atoms with Gasteiger partial charge in [0.25, 0.3) is 0 Å². The van der Waals surface area contributed by atoms with Gasteiger partial charge in [-0.2, -0.15) is 0 Å². The van der Waals surface area contributed by atoms with Gasteiger partial charge in [-0.3, -0.25) is 0 Å². The Bertz CT molecular complexity index is 256. The minimum absolute atomic E-state index is 0.374. The average Bonchev–Trinajstić information content (AvgIpc) is 2.07. The van der Waals surface area contributed by atoms with Crippen molar-refractivity contribution in [2.45, 2.75) is 94.9 Å². The molecule has 0 rings (SSSR count). The summed E-state index contributed by atoms with van der Waals surface area (Å²) in [5.74, 6) is 0. The van der Waals surface area contributed by atoms with Gasteiger partial charge in [-0.25, -0.2) is 0 Å². The van der Waals surface area contributed by atoms with E-state index >= 15 is 0 Å². The van der Waals surface area contributed by atoms with E-state index in [2.05, 4.69) is 69.2 Å². The summed E-state index contributed by atoms with van der Waals surface area (Å²) in [4.78, 5) is 0. The van der Waals surface area contributed by atoms with Crippen molar-refractivity contribution in [1.29, 1.82) is 0 Å². The van der Waals surface area contributed by atoms with Gasteiger partial charge in [0, 0.05) is 13.2 Å². The molecule has 0 unspecified atom stereocenters. The molecule has 0 N–H and O–H groups in total. The maximum absolute atomic E-state index is 5.93. The fourth-order valence-electron chi connectivity index (χ4n) is 3.85. The highest BCUT2D eigenvalue weighted by Gasteiger charge is 2.26. The molecule has 0 aromatic rings. The largest absolute Gasteiger partial charge is 0.381 e. The fourth-order valence-corrected chi connectivity index (χ4v) is 3.85. The van der Waals surface area contributed by atoms with Gasteiger partial charge < -0.3 is 4.74 Å². The predicted molar refractivity (Wildman–Crippen MR) is 95.8 cm³/mol. The third-order valence-corrected chi connectivity index (χ3v) is 3.86. The van der Waals surface area contributed by atoms with Gasteiger partial charge >= 0.3 is 0 Å². The Kier molecular flexibility index (Phi) is 7.47. The fraction of sp³-hybridized carbons (Fsp3) is 1.00. The molecule has 0 saturated carbocycles. The summed E-state index contributed by atoms with van der Waals surface area (Å²) in [7, 11) is 0. The second-order valence-electron chi connectivity index (χ2n) is 10.9. The van der Waals surface area contributed by atoms with E-state index in [1.54, 1.807) is 0 Å². The second kappa shape index (κ2) is 7.49. The van der Waals surface area contributed by atoms with Crippen LogP contribution in [0.1, 0.15) is 94.9 Å². The molecule has 1 heteroatoms. The van der Waals surface area contributed by atoms with Crippen molar-refractivity contribution in [3.8, 4) is 0 Å². The van der Waals surface area contributed by atoms with Gasteiger partial charge in [0.2, 0.25) is 0 Å². The van der Waals surface area contributed by atoms with E-state index in [0.717, 1.165) is 26.1 Å². The van der Waals surface area contributed by atoms with E-state index in [9.17, 15) is 0 Å². The number of hydrogen-bond donors (Lipinski definition) is 0. The molecule has 0 aromatic carbocycles. The van der Waals surface area contributed by atoms with Crippen LogP contribution in [0.2, 0.25) is 0 Å². The predicted octanol–water partition coefficient (Wildman–Crippen LogP) is 6.71. The lowest BCUT2D eigenvalue weighted by Gasteiger charge is -2.33. The molecule has 0 atom stereocenters. The molecule has 0 aliphatic heterocycles. The molecule has 0 aliphatic carbocycles. The Balaban J connectivity index is 3.96. The van der Waals surface area contributed by atoms with Gasteiger partial charge in [0.1, 0.15) is 0 Å². The Labute approximate surface area is 135 Å². The molecule has 0 fully saturated rings. The lowest BCUT2D eigenvalue weighted by molar-refractivity contribution is 0.0620. The lowest BCUT2D eigenvalue weighted by Crippen LogP contribution is -2.24. The molecule has 1 nitrogen and oxygen atoms in total. The zero-order chi connectivity index (χ0) is 16.9. The van der Waals surface area contributed by atoms with E-state index in [-0.39, 0.29) is 0 Å². The van der Waals surface area contributed by atoms with Crippen LogP contribution in [0.5, 0.6) is 0 Å². The van der Waals surface area contributed by atoms with Gasteiger partial charge in [-0.1, -0.05) is 69.2 Å². The zero-order valence-electron chi connectivity index (χ0n) is 16.7. The van der Waals surface area contributed by atoms with Crippen molar-refractivity contribution >= 4 is 0 Å². The molecule has 0 aliphatic rings. The average molecular weight is 299 g/mol. The van der Waals surface area contributed by atoms with Crippen molar-refractivity contribution in [1.82, 2.24) is 0 Å². The molecule has 0 heterocycles. The zero-order valence-corrected chi connectivity index (χ0v) is 16.7. The van der Waals surface area contributed by atoms with E-state index in [0.29, 0.717) is 21.7 Å². The van der Waals surface area contributed by atoms with Gasteiger partial charge in [-0.05, 0) is 47.3 Å². The van der Waals surface area contributed by atoms with Crippen LogP contribution in [0.15, 0.2) is 0 Å². The van der Waals surface area contributed by atoms with Crippen molar-refractivity contribution < 1.29 is 4.74 Å². The first-order valence-corrected chi connectivity index (χ1v) is 8.70. The van der Waals surface area contributed by atoms with Crippen LogP contribution in [0.4, 0.5) is 0 Å². The summed E-state index contributed by atoms with van der Waals surface area (Å²) in [6.07, 6.45) is 4.81. The maximum atomic E-state index is 5.93. The SMILES string of the molecule is CC(C)(C)CC(C)(C)CCOCCC(C)(C)CC(C)(C)C. The third kappa shape index (κ3) is 13.4. The monoisotopic (exact) mass is 298 g/mol. The molecule has 128 valence electrons. The molecule has 0 bridgehead atoms. The molecular formula is C20H42O. The Morgan fingerprint density at radius 1 is 0.524 bits per heavy atom. The van der Waals surface area contributed by atoms with Crippen LogP contribution < -0.4 is 0 Å². The number of rotatable bonds is 8. The highest BCUT2D eigenvalue weighted by Crippen LogP contribution is 2.37. The molecule has 0 saturated heterocycles. The molecular weight excluding hydrogens is 256 g/mol. The number of ether oxygens (including phenoxy) is 1. The Morgan fingerprint density at radius 2 is 0.810 bits per heavy atom. The topological polar surface area (TPSA) is 9.23 Å². The van der Waals surface area contributed by atoms with Crippen LogP contribution in [0, 0.1) is 21.7 Å². The Morgan fingerprint density at radius 3 is 1.05 bits per heavy atom. The van der Waals surface area contributed by atoms with Gasteiger partial charge in [0.15, 0.2) is 0 Å². The van der Waals surface area contributed by atoms with Gasteiger partial charge in [-0.15, -0.1) is 0 Å². The van der Waals surface area contributed by atoms with Crippen LogP contribution in [0.3, 0.4) is 0 Å². The molecule has 0 spiro atoms.